The molecule has 0 amide bonds. The molecule has 2 aliphatic rings. The minimum atomic E-state index is 0.373. The van der Waals surface area contributed by atoms with Gasteiger partial charge in [0.15, 0.2) is 0 Å². The van der Waals surface area contributed by atoms with Crippen LogP contribution in [0.3, 0.4) is 0 Å². The van der Waals surface area contributed by atoms with Gasteiger partial charge in [0, 0.05) is 12.5 Å². The molecule has 2 fully saturated rings. The molecule has 0 atom stereocenters. The average molecular weight is 279 g/mol. The molecule has 0 aromatic rings. The molecule has 1 saturated carbocycles. The first-order valence-corrected chi connectivity index (χ1v) is 8.59. The predicted octanol–water partition coefficient (Wildman–Crippen LogP) is 4.28. The van der Waals surface area contributed by atoms with Crippen LogP contribution >= 0.6 is 0 Å². The van der Waals surface area contributed by atoms with Crippen LogP contribution in [0.2, 0.25) is 0 Å². The van der Waals surface area contributed by atoms with Crippen molar-refractivity contribution in [3.8, 4) is 0 Å². The first kappa shape index (κ1) is 16.0. The summed E-state index contributed by atoms with van der Waals surface area (Å²) in [5.74, 6) is 0.791. The van der Waals surface area contributed by atoms with Gasteiger partial charge in [0.25, 0.3) is 0 Å². The van der Waals surface area contributed by atoms with Gasteiger partial charge in [0.05, 0.1) is 0 Å². The van der Waals surface area contributed by atoms with Gasteiger partial charge >= 0.3 is 0 Å². The van der Waals surface area contributed by atoms with Crippen molar-refractivity contribution < 1.29 is 4.79 Å². The van der Waals surface area contributed by atoms with Crippen LogP contribution in [0.25, 0.3) is 0 Å². The van der Waals surface area contributed by atoms with Crippen molar-refractivity contribution in [2.75, 3.05) is 19.6 Å². The molecular weight excluding hydrogens is 246 g/mol. The van der Waals surface area contributed by atoms with Crippen molar-refractivity contribution in [3.05, 3.63) is 0 Å². The number of carbonyl (C=O) groups excluding carboxylic acids is 1. The van der Waals surface area contributed by atoms with Crippen LogP contribution in [0.15, 0.2) is 0 Å². The molecule has 0 aromatic carbocycles. The van der Waals surface area contributed by atoms with Crippen molar-refractivity contribution in [3.63, 3.8) is 0 Å². The second kappa shape index (κ2) is 6.17. The minimum Gasteiger partial charge on any atom is -0.303 e. The van der Waals surface area contributed by atoms with E-state index in [4.69, 9.17) is 0 Å². The number of carbonyl (C=O) groups is 1. The quantitative estimate of drug-likeness (QED) is 0.765. The molecule has 1 heterocycles. The van der Waals surface area contributed by atoms with E-state index in [0.29, 0.717) is 22.5 Å². The average Bonchev–Trinajstić information content (AvgIpc) is 2.42. The van der Waals surface area contributed by atoms with Crippen LogP contribution in [-0.4, -0.2) is 30.3 Å². The predicted molar refractivity (Wildman–Crippen MR) is 84.8 cm³/mol. The van der Waals surface area contributed by atoms with E-state index in [-0.39, 0.29) is 0 Å². The molecule has 0 N–H and O–H groups in total. The van der Waals surface area contributed by atoms with E-state index >= 15 is 0 Å². The van der Waals surface area contributed by atoms with Crippen molar-refractivity contribution >= 4 is 5.78 Å². The Bertz CT molecular complexity index is 329. The molecule has 116 valence electrons. The standard InChI is InChI=1S/C18H33NO/c1-5-17(3,4)14-19-12-10-18(11-13-19)8-6-16(7-9-18)15(2)20/h16H,5-14H2,1-4H3. The number of Topliss-reactive ketones (excluding diaryl/α,β-unsaturated/α-hetero) is 1. The van der Waals surface area contributed by atoms with E-state index in [1.165, 1.54) is 51.7 Å². The largest absolute Gasteiger partial charge is 0.303 e. The number of hydrogen-bond acceptors (Lipinski definition) is 2. The van der Waals surface area contributed by atoms with Gasteiger partial charge in [0.1, 0.15) is 5.78 Å². The van der Waals surface area contributed by atoms with Gasteiger partial charge < -0.3 is 4.90 Å². The fourth-order valence-electron chi connectivity index (χ4n) is 4.04. The topological polar surface area (TPSA) is 20.3 Å². The van der Waals surface area contributed by atoms with Crippen LogP contribution < -0.4 is 0 Å². The lowest BCUT2D eigenvalue weighted by atomic mass is 9.65. The van der Waals surface area contributed by atoms with Crippen molar-refractivity contribution in [2.45, 2.75) is 72.6 Å². The monoisotopic (exact) mass is 279 g/mol. The lowest BCUT2D eigenvalue weighted by Crippen LogP contribution is -2.45. The Kier molecular flexibility index (Phi) is 4.94. The van der Waals surface area contributed by atoms with E-state index in [2.05, 4.69) is 25.7 Å². The third-order valence-electron chi connectivity index (χ3n) is 6.15. The summed E-state index contributed by atoms with van der Waals surface area (Å²) in [6, 6.07) is 0. The third kappa shape index (κ3) is 3.84. The molecule has 0 unspecified atom stereocenters. The molecule has 2 nitrogen and oxygen atoms in total. The van der Waals surface area contributed by atoms with Crippen molar-refractivity contribution in [1.82, 2.24) is 4.90 Å². The van der Waals surface area contributed by atoms with Gasteiger partial charge in [-0.2, -0.15) is 0 Å². The number of rotatable bonds is 4. The first-order chi connectivity index (χ1) is 9.36. The van der Waals surface area contributed by atoms with Gasteiger partial charge in [-0.15, -0.1) is 0 Å². The Hall–Kier alpha value is -0.370. The molecule has 20 heavy (non-hydrogen) atoms. The lowest BCUT2D eigenvalue weighted by molar-refractivity contribution is -0.122. The number of hydrogen-bond donors (Lipinski definition) is 0. The SMILES string of the molecule is CCC(C)(C)CN1CCC2(CCC(C(C)=O)CC2)CC1. The maximum Gasteiger partial charge on any atom is 0.132 e. The molecule has 0 radical (unpaired) electrons. The van der Waals surface area contributed by atoms with Crippen LogP contribution in [0.5, 0.6) is 0 Å². The summed E-state index contributed by atoms with van der Waals surface area (Å²) < 4.78 is 0. The Morgan fingerprint density at radius 1 is 1.15 bits per heavy atom. The maximum absolute atomic E-state index is 11.5. The van der Waals surface area contributed by atoms with E-state index in [1.54, 1.807) is 6.92 Å². The Balaban J connectivity index is 1.81. The lowest BCUT2D eigenvalue weighted by Gasteiger charge is -2.47. The maximum atomic E-state index is 11.5. The van der Waals surface area contributed by atoms with Crippen LogP contribution in [-0.2, 0) is 4.79 Å². The molecule has 1 spiro atoms. The Morgan fingerprint density at radius 3 is 2.15 bits per heavy atom. The third-order valence-corrected chi connectivity index (χ3v) is 6.15. The van der Waals surface area contributed by atoms with E-state index in [0.717, 1.165) is 12.8 Å². The zero-order valence-electron chi connectivity index (χ0n) is 14.0. The van der Waals surface area contributed by atoms with E-state index in [9.17, 15) is 4.79 Å². The zero-order valence-corrected chi connectivity index (χ0v) is 14.0. The minimum absolute atomic E-state index is 0.373. The number of piperidine rings is 1. The summed E-state index contributed by atoms with van der Waals surface area (Å²) >= 11 is 0. The highest BCUT2D eigenvalue weighted by atomic mass is 16.1. The van der Waals surface area contributed by atoms with Gasteiger partial charge in [-0.1, -0.05) is 20.8 Å². The molecule has 2 heteroatoms. The van der Waals surface area contributed by atoms with Gasteiger partial charge in [-0.25, -0.2) is 0 Å². The second-order valence-corrected chi connectivity index (χ2v) is 8.18. The zero-order chi connectivity index (χ0) is 14.8. The highest BCUT2D eigenvalue weighted by Crippen LogP contribution is 2.46. The molecule has 1 aliphatic heterocycles. The summed E-state index contributed by atoms with van der Waals surface area (Å²) in [5, 5.41) is 0. The smallest absolute Gasteiger partial charge is 0.132 e. The Morgan fingerprint density at radius 2 is 1.70 bits per heavy atom. The van der Waals surface area contributed by atoms with E-state index in [1.807, 2.05) is 0 Å². The van der Waals surface area contributed by atoms with Crippen molar-refractivity contribution in [2.24, 2.45) is 16.7 Å². The van der Waals surface area contributed by atoms with Gasteiger partial charge in [-0.05, 0) is 75.8 Å². The fourth-order valence-corrected chi connectivity index (χ4v) is 4.04. The van der Waals surface area contributed by atoms with Gasteiger partial charge in [-0.3, -0.25) is 4.79 Å². The molecule has 2 rings (SSSR count). The van der Waals surface area contributed by atoms with Crippen LogP contribution in [0.1, 0.15) is 72.6 Å². The molecular formula is C18H33NO. The molecule has 1 saturated heterocycles. The molecule has 0 bridgehead atoms. The van der Waals surface area contributed by atoms with Crippen molar-refractivity contribution in [1.29, 1.82) is 0 Å². The number of ketones is 1. The molecule has 1 aliphatic carbocycles. The highest BCUT2D eigenvalue weighted by molar-refractivity contribution is 5.78. The fraction of sp³-hybridized carbons (Fsp3) is 0.944. The van der Waals surface area contributed by atoms with E-state index < -0.39 is 0 Å². The van der Waals surface area contributed by atoms with Crippen LogP contribution in [0, 0.1) is 16.7 Å². The summed E-state index contributed by atoms with van der Waals surface area (Å²) in [4.78, 5) is 14.2. The summed E-state index contributed by atoms with van der Waals surface area (Å²) in [7, 11) is 0. The second-order valence-electron chi connectivity index (χ2n) is 8.18. The van der Waals surface area contributed by atoms with Crippen LogP contribution in [0.4, 0.5) is 0 Å². The summed E-state index contributed by atoms with van der Waals surface area (Å²) in [6.07, 6.45) is 8.86. The summed E-state index contributed by atoms with van der Waals surface area (Å²) in [5.41, 5.74) is 1.04. The first-order valence-electron chi connectivity index (χ1n) is 8.59. The van der Waals surface area contributed by atoms with Gasteiger partial charge in [0.2, 0.25) is 0 Å². The summed E-state index contributed by atoms with van der Waals surface area (Å²) in [6.45, 7) is 12.6. The normalized spacial score (nSPS) is 25.0. The highest BCUT2D eigenvalue weighted by Gasteiger charge is 2.39. The molecule has 0 aromatic heterocycles. The number of likely N-dealkylation sites (tertiary alicyclic amines) is 1. The Labute approximate surface area is 125 Å². The number of nitrogens with zero attached hydrogens (tertiary/aromatic N) is 1.